The molecule has 0 unspecified atom stereocenters. The molecule has 0 radical (unpaired) electrons. The molecule has 32 heavy (non-hydrogen) atoms. The van der Waals surface area contributed by atoms with Gasteiger partial charge in [-0.2, -0.15) is 0 Å². The predicted octanol–water partition coefficient (Wildman–Crippen LogP) is 5.70. The SMILES string of the molecule is Cc1ccc(C2=C(SCc3ccccc3)C(=O)N(CCc3ccc(F)cc3)C2=O)cc1C. The first-order chi connectivity index (χ1) is 15.4. The van der Waals surface area contributed by atoms with E-state index in [1.165, 1.54) is 28.8 Å². The summed E-state index contributed by atoms with van der Waals surface area (Å²) in [7, 11) is 0. The number of imide groups is 1. The summed E-state index contributed by atoms with van der Waals surface area (Å²) < 4.78 is 13.2. The maximum absolute atomic E-state index is 13.4. The zero-order chi connectivity index (χ0) is 22.7. The first-order valence-electron chi connectivity index (χ1n) is 10.5. The van der Waals surface area contributed by atoms with Gasteiger partial charge >= 0.3 is 0 Å². The van der Waals surface area contributed by atoms with Crippen molar-refractivity contribution in [2.45, 2.75) is 26.0 Å². The van der Waals surface area contributed by atoms with Crippen LogP contribution in [0.1, 0.15) is 27.8 Å². The Kier molecular flexibility index (Phi) is 6.56. The highest BCUT2D eigenvalue weighted by atomic mass is 32.2. The normalized spacial score (nSPS) is 13.9. The number of carbonyl (C=O) groups is 2. The number of thioether (sulfide) groups is 1. The Labute approximate surface area is 192 Å². The van der Waals surface area contributed by atoms with Gasteiger partial charge in [-0.1, -0.05) is 60.7 Å². The fourth-order valence-corrected chi connectivity index (χ4v) is 4.75. The first-order valence-corrected chi connectivity index (χ1v) is 11.5. The molecule has 162 valence electrons. The van der Waals surface area contributed by atoms with Gasteiger partial charge in [-0.3, -0.25) is 14.5 Å². The Bertz CT molecular complexity index is 1190. The molecule has 0 atom stereocenters. The fraction of sp³-hybridized carbons (Fsp3) is 0.185. The Balaban J connectivity index is 1.62. The van der Waals surface area contributed by atoms with E-state index in [9.17, 15) is 14.0 Å². The zero-order valence-electron chi connectivity index (χ0n) is 18.1. The van der Waals surface area contributed by atoms with E-state index < -0.39 is 0 Å². The molecule has 0 saturated carbocycles. The fourth-order valence-electron chi connectivity index (χ4n) is 3.66. The molecule has 3 aromatic rings. The van der Waals surface area contributed by atoms with Gasteiger partial charge in [0.05, 0.1) is 10.5 Å². The lowest BCUT2D eigenvalue weighted by Gasteiger charge is -2.15. The minimum Gasteiger partial charge on any atom is -0.274 e. The smallest absolute Gasteiger partial charge is 0.268 e. The molecule has 1 aliphatic rings. The number of hydrogen-bond donors (Lipinski definition) is 0. The van der Waals surface area contributed by atoms with Gasteiger partial charge in [-0.25, -0.2) is 4.39 Å². The summed E-state index contributed by atoms with van der Waals surface area (Å²) in [6, 6.07) is 21.9. The van der Waals surface area contributed by atoms with Gasteiger partial charge in [-0.15, -0.1) is 11.8 Å². The van der Waals surface area contributed by atoms with Crippen LogP contribution in [0.4, 0.5) is 4.39 Å². The van der Waals surface area contributed by atoms with Gasteiger partial charge in [0, 0.05) is 12.3 Å². The van der Waals surface area contributed by atoms with Crippen LogP contribution in [-0.4, -0.2) is 23.3 Å². The number of carbonyl (C=O) groups excluding carboxylic acids is 2. The van der Waals surface area contributed by atoms with E-state index in [1.807, 2.05) is 62.4 Å². The number of aryl methyl sites for hydroxylation is 2. The lowest BCUT2D eigenvalue weighted by molar-refractivity contribution is -0.136. The third kappa shape index (κ3) is 4.68. The van der Waals surface area contributed by atoms with E-state index in [1.54, 1.807) is 12.1 Å². The average Bonchev–Trinajstić information content (AvgIpc) is 3.03. The maximum atomic E-state index is 13.4. The third-order valence-electron chi connectivity index (χ3n) is 5.68. The van der Waals surface area contributed by atoms with E-state index >= 15 is 0 Å². The highest BCUT2D eigenvalue weighted by Crippen LogP contribution is 2.38. The van der Waals surface area contributed by atoms with Crippen molar-refractivity contribution in [3.8, 4) is 0 Å². The van der Waals surface area contributed by atoms with Crippen LogP contribution in [0.2, 0.25) is 0 Å². The van der Waals surface area contributed by atoms with Crippen molar-refractivity contribution in [1.82, 2.24) is 4.90 Å². The Morgan fingerprint density at radius 1 is 0.812 bits per heavy atom. The largest absolute Gasteiger partial charge is 0.274 e. The molecular formula is C27H24FNO2S. The molecule has 0 aromatic heterocycles. The molecule has 1 heterocycles. The van der Waals surface area contributed by atoms with E-state index in [2.05, 4.69) is 0 Å². The summed E-state index contributed by atoms with van der Waals surface area (Å²) in [5.74, 6) is -0.224. The number of hydrogen-bond acceptors (Lipinski definition) is 3. The van der Waals surface area contributed by atoms with Crippen molar-refractivity contribution in [2.24, 2.45) is 0 Å². The maximum Gasteiger partial charge on any atom is 0.268 e. The van der Waals surface area contributed by atoms with Crippen molar-refractivity contribution in [1.29, 1.82) is 0 Å². The second-order valence-corrected chi connectivity index (χ2v) is 8.90. The van der Waals surface area contributed by atoms with Gasteiger partial charge in [0.1, 0.15) is 5.82 Å². The number of nitrogens with zero attached hydrogens (tertiary/aromatic N) is 1. The van der Waals surface area contributed by atoms with Gasteiger partial charge in [0.25, 0.3) is 11.8 Å². The number of halogens is 1. The summed E-state index contributed by atoms with van der Waals surface area (Å²) in [4.78, 5) is 28.5. The second-order valence-electron chi connectivity index (χ2n) is 7.92. The molecule has 5 heteroatoms. The molecule has 1 aliphatic heterocycles. The summed E-state index contributed by atoms with van der Waals surface area (Å²) in [5.41, 5.74) is 5.43. The molecule has 0 fully saturated rings. The highest BCUT2D eigenvalue weighted by molar-refractivity contribution is 8.03. The van der Waals surface area contributed by atoms with Crippen LogP contribution in [0.5, 0.6) is 0 Å². The summed E-state index contributed by atoms with van der Waals surface area (Å²) >= 11 is 1.41. The molecule has 0 aliphatic carbocycles. The van der Waals surface area contributed by atoms with E-state index in [0.717, 1.165) is 27.8 Å². The Morgan fingerprint density at radius 3 is 2.22 bits per heavy atom. The van der Waals surface area contributed by atoms with E-state index in [4.69, 9.17) is 0 Å². The average molecular weight is 446 g/mol. The van der Waals surface area contributed by atoms with E-state index in [0.29, 0.717) is 22.7 Å². The zero-order valence-corrected chi connectivity index (χ0v) is 18.9. The minimum atomic E-state index is -0.305. The molecular weight excluding hydrogens is 421 g/mol. The third-order valence-corrected chi connectivity index (χ3v) is 6.83. The number of amides is 2. The van der Waals surface area contributed by atoms with Crippen molar-refractivity contribution in [2.75, 3.05) is 6.54 Å². The molecule has 3 nitrogen and oxygen atoms in total. The van der Waals surface area contributed by atoms with Crippen molar-refractivity contribution < 1.29 is 14.0 Å². The lowest BCUT2D eigenvalue weighted by Crippen LogP contribution is -2.33. The monoisotopic (exact) mass is 445 g/mol. The van der Waals surface area contributed by atoms with Crippen LogP contribution >= 0.6 is 11.8 Å². The van der Waals surface area contributed by atoms with Crippen LogP contribution in [0.25, 0.3) is 5.57 Å². The predicted molar refractivity (Wildman–Crippen MR) is 127 cm³/mol. The summed E-state index contributed by atoms with van der Waals surface area (Å²) in [6.07, 6.45) is 0.481. The van der Waals surface area contributed by atoms with Gasteiger partial charge in [0.15, 0.2) is 0 Å². The van der Waals surface area contributed by atoms with Crippen LogP contribution in [0.3, 0.4) is 0 Å². The summed E-state index contributed by atoms with van der Waals surface area (Å²) in [6.45, 7) is 4.28. The molecule has 0 saturated heterocycles. The van der Waals surface area contributed by atoms with Crippen molar-refractivity contribution in [3.05, 3.63) is 111 Å². The minimum absolute atomic E-state index is 0.257. The van der Waals surface area contributed by atoms with Crippen LogP contribution < -0.4 is 0 Å². The van der Waals surface area contributed by atoms with Crippen molar-refractivity contribution in [3.63, 3.8) is 0 Å². The Hall–Kier alpha value is -3.18. The first kappa shape index (κ1) is 22.0. The Morgan fingerprint density at radius 2 is 1.53 bits per heavy atom. The van der Waals surface area contributed by atoms with Crippen LogP contribution in [0.15, 0.2) is 77.7 Å². The molecule has 2 amide bonds. The number of benzene rings is 3. The molecule has 0 spiro atoms. The molecule has 3 aromatic carbocycles. The van der Waals surface area contributed by atoms with Crippen LogP contribution in [0, 0.1) is 19.7 Å². The molecule has 0 bridgehead atoms. The van der Waals surface area contributed by atoms with E-state index in [-0.39, 0.29) is 24.2 Å². The lowest BCUT2D eigenvalue weighted by atomic mass is 10.0. The van der Waals surface area contributed by atoms with Crippen LogP contribution in [-0.2, 0) is 21.8 Å². The standard InChI is InChI=1S/C27H24FNO2S/c1-18-8-11-22(16-19(18)2)24-25(32-17-21-6-4-3-5-7-21)27(31)29(26(24)30)15-14-20-9-12-23(28)13-10-20/h3-13,16H,14-15,17H2,1-2H3. The van der Waals surface area contributed by atoms with Crippen molar-refractivity contribution >= 4 is 29.1 Å². The summed E-state index contributed by atoms with van der Waals surface area (Å²) in [5, 5.41) is 0. The highest BCUT2D eigenvalue weighted by Gasteiger charge is 2.38. The number of rotatable bonds is 7. The molecule has 4 rings (SSSR count). The second kappa shape index (κ2) is 9.53. The van der Waals surface area contributed by atoms with Gasteiger partial charge in [-0.05, 0) is 60.2 Å². The quantitative estimate of drug-likeness (QED) is 0.438. The topological polar surface area (TPSA) is 37.4 Å². The molecule has 0 N–H and O–H groups in total. The van der Waals surface area contributed by atoms with Gasteiger partial charge < -0.3 is 0 Å². The van der Waals surface area contributed by atoms with Gasteiger partial charge in [0.2, 0.25) is 0 Å².